The average molecular weight is 316 g/mol. The molecule has 2 N–H and O–H groups in total. The highest BCUT2D eigenvalue weighted by Crippen LogP contribution is 2.09. The maximum absolute atomic E-state index is 12.3. The van der Waals surface area contributed by atoms with E-state index in [4.69, 9.17) is 15.2 Å². The molecular weight excluding hydrogens is 288 g/mol. The molecule has 1 amide bonds. The quantitative estimate of drug-likeness (QED) is 0.448. The summed E-state index contributed by atoms with van der Waals surface area (Å²) in [6.07, 6.45) is 2.62. The van der Waals surface area contributed by atoms with Crippen LogP contribution in [0.1, 0.15) is 46.5 Å². The summed E-state index contributed by atoms with van der Waals surface area (Å²) in [7, 11) is 0. The van der Waals surface area contributed by atoms with Crippen LogP contribution in [0.25, 0.3) is 0 Å². The van der Waals surface area contributed by atoms with Crippen LogP contribution in [0.4, 0.5) is 0 Å². The van der Waals surface area contributed by atoms with Gasteiger partial charge >= 0.3 is 11.9 Å². The summed E-state index contributed by atoms with van der Waals surface area (Å²) in [6.45, 7) is 5.71. The van der Waals surface area contributed by atoms with Gasteiger partial charge in [-0.2, -0.15) is 0 Å². The summed E-state index contributed by atoms with van der Waals surface area (Å²) in [6, 6.07) is -0.814. The first-order valence-corrected chi connectivity index (χ1v) is 7.79. The maximum Gasteiger partial charge on any atom is 0.328 e. The minimum atomic E-state index is -0.814. The highest BCUT2D eigenvalue weighted by Gasteiger charge is 2.28. The number of rotatable bonds is 11. The molecule has 0 aromatic heterocycles. The van der Waals surface area contributed by atoms with E-state index in [1.54, 1.807) is 20.8 Å². The summed E-state index contributed by atoms with van der Waals surface area (Å²) >= 11 is 0. The third-order valence-electron chi connectivity index (χ3n) is 3.12. The fourth-order valence-electron chi connectivity index (χ4n) is 1.92. The number of nitrogens with zero attached hydrogens (tertiary/aromatic N) is 1. The first-order valence-electron chi connectivity index (χ1n) is 7.79. The molecule has 0 rings (SSSR count). The maximum atomic E-state index is 12.3. The Morgan fingerprint density at radius 2 is 1.68 bits per heavy atom. The number of carbonyl (C=O) groups is 3. The number of amides is 1. The summed E-state index contributed by atoms with van der Waals surface area (Å²) < 4.78 is 9.77. The van der Waals surface area contributed by atoms with Crippen molar-refractivity contribution in [2.24, 2.45) is 5.73 Å². The third kappa shape index (κ3) is 7.97. The number of carbonyl (C=O) groups excluding carboxylic acids is 3. The van der Waals surface area contributed by atoms with Crippen molar-refractivity contribution in [1.29, 1.82) is 0 Å². The van der Waals surface area contributed by atoms with Crippen LogP contribution in [0.3, 0.4) is 0 Å². The highest BCUT2D eigenvalue weighted by molar-refractivity contribution is 5.87. The van der Waals surface area contributed by atoms with Gasteiger partial charge in [0.15, 0.2) is 0 Å². The molecule has 7 heteroatoms. The predicted molar refractivity (Wildman–Crippen MR) is 82.0 cm³/mol. The zero-order chi connectivity index (χ0) is 17.0. The van der Waals surface area contributed by atoms with E-state index in [0.717, 1.165) is 12.8 Å². The van der Waals surface area contributed by atoms with Gasteiger partial charge in [-0.15, -0.1) is 0 Å². The minimum Gasteiger partial charge on any atom is -0.465 e. The lowest BCUT2D eigenvalue weighted by Gasteiger charge is -2.27. The third-order valence-corrected chi connectivity index (χ3v) is 3.12. The normalized spacial score (nSPS) is 11.6. The molecule has 0 heterocycles. The topological polar surface area (TPSA) is 98.9 Å². The van der Waals surface area contributed by atoms with E-state index >= 15 is 0 Å². The van der Waals surface area contributed by atoms with Crippen LogP contribution >= 0.6 is 0 Å². The molecule has 0 aromatic rings. The summed E-state index contributed by atoms with van der Waals surface area (Å²) in [5.74, 6) is -1.32. The lowest BCUT2D eigenvalue weighted by molar-refractivity contribution is -0.158. The van der Waals surface area contributed by atoms with Gasteiger partial charge < -0.3 is 20.1 Å². The number of hydrogen-bond donors (Lipinski definition) is 1. The van der Waals surface area contributed by atoms with Gasteiger partial charge in [-0.25, -0.2) is 4.79 Å². The van der Waals surface area contributed by atoms with Crippen molar-refractivity contribution in [2.75, 3.05) is 26.3 Å². The largest absolute Gasteiger partial charge is 0.465 e. The molecule has 128 valence electrons. The van der Waals surface area contributed by atoms with Gasteiger partial charge in [0.05, 0.1) is 13.2 Å². The molecule has 0 spiro atoms. The van der Waals surface area contributed by atoms with E-state index in [-0.39, 0.29) is 32.1 Å². The Morgan fingerprint density at radius 1 is 1.05 bits per heavy atom. The lowest BCUT2D eigenvalue weighted by Crippen LogP contribution is -2.47. The standard InChI is InChI=1S/C15H28N2O5/c1-4-21-14(19)11-17(12(3)15(20)22-5-2)13(18)9-7-6-8-10-16/h12H,4-11,16H2,1-3H3. The Labute approximate surface area is 132 Å². The fourth-order valence-corrected chi connectivity index (χ4v) is 1.92. The van der Waals surface area contributed by atoms with E-state index in [1.807, 2.05) is 0 Å². The molecule has 0 radical (unpaired) electrons. The molecule has 0 saturated heterocycles. The molecule has 0 aliphatic heterocycles. The van der Waals surface area contributed by atoms with E-state index in [0.29, 0.717) is 13.0 Å². The van der Waals surface area contributed by atoms with Crippen LogP contribution in [0.2, 0.25) is 0 Å². The first kappa shape index (κ1) is 20.4. The Balaban J connectivity index is 4.72. The van der Waals surface area contributed by atoms with Gasteiger partial charge in [0, 0.05) is 6.42 Å². The van der Waals surface area contributed by atoms with Crippen LogP contribution in [0.5, 0.6) is 0 Å². The van der Waals surface area contributed by atoms with Crippen molar-refractivity contribution in [3.63, 3.8) is 0 Å². The SMILES string of the molecule is CCOC(=O)CN(C(=O)CCCCCN)C(C)C(=O)OCC. The Hall–Kier alpha value is -1.63. The molecule has 0 bridgehead atoms. The van der Waals surface area contributed by atoms with E-state index in [2.05, 4.69) is 0 Å². The molecule has 0 aliphatic carbocycles. The Morgan fingerprint density at radius 3 is 2.23 bits per heavy atom. The molecule has 7 nitrogen and oxygen atoms in total. The molecule has 0 aromatic carbocycles. The van der Waals surface area contributed by atoms with Crippen molar-refractivity contribution in [3.8, 4) is 0 Å². The second kappa shape index (κ2) is 12.0. The molecule has 1 unspecified atom stereocenters. The van der Waals surface area contributed by atoms with Crippen LogP contribution in [-0.2, 0) is 23.9 Å². The number of esters is 2. The molecule has 1 atom stereocenters. The smallest absolute Gasteiger partial charge is 0.328 e. The van der Waals surface area contributed by atoms with Gasteiger partial charge in [-0.3, -0.25) is 9.59 Å². The second-order valence-corrected chi connectivity index (χ2v) is 4.85. The van der Waals surface area contributed by atoms with E-state index in [1.165, 1.54) is 4.90 Å². The predicted octanol–water partition coefficient (Wildman–Crippen LogP) is 0.849. The summed E-state index contributed by atoms with van der Waals surface area (Å²) in [5.41, 5.74) is 5.41. The number of nitrogens with two attached hydrogens (primary N) is 1. The van der Waals surface area contributed by atoms with E-state index in [9.17, 15) is 14.4 Å². The summed E-state index contributed by atoms with van der Waals surface area (Å²) in [5, 5.41) is 0. The highest BCUT2D eigenvalue weighted by atomic mass is 16.5. The monoisotopic (exact) mass is 316 g/mol. The van der Waals surface area contributed by atoms with Gasteiger partial charge in [-0.05, 0) is 40.2 Å². The fraction of sp³-hybridized carbons (Fsp3) is 0.800. The van der Waals surface area contributed by atoms with Crippen molar-refractivity contribution in [2.45, 2.75) is 52.5 Å². The van der Waals surface area contributed by atoms with Crippen molar-refractivity contribution in [1.82, 2.24) is 4.90 Å². The number of hydrogen-bond acceptors (Lipinski definition) is 6. The zero-order valence-electron chi connectivity index (χ0n) is 13.8. The molecule has 0 aliphatic rings. The molecule has 22 heavy (non-hydrogen) atoms. The molecular formula is C15H28N2O5. The van der Waals surface area contributed by atoms with Gasteiger partial charge in [-0.1, -0.05) is 6.42 Å². The lowest BCUT2D eigenvalue weighted by atomic mass is 10.1. The first-order chi connectivity index (χ1) is 10.5. The second-order valence-electron chi connectivity index (χ2n) is 4.85. The van der Waals surface area contributed by atoms with E-state index < -0.39 is 18.0 Å². The van der Waals surface area contributed by atoms with Crippen molar-refractivity contribution < 1.29 is 23.9 Å². The Kier molecular flexibility index (Phi) is 11.1. The van der Waals surface area contributed by atoms with Crippen LogP contribution in [0, 0.1) is 0 Å². The average Bonchev–Trinajstić information content (AvgIpc) is 2.48. The number of unbranched alkanes of at least 4 members (excludes halogenated alkanes) is 2. The van der Waals surface area contributed by atoms with Gasteiger partial charge in [0.25, 0.3) is 0 Å². The van der Waals surface area contributed by atoms with Crippen molar-refractivity contribution in [3.05, 3.63) is 0 Å². The van der Waals surface area contributed by atoms with Crippen LogP contribution in [-0.4, -0.2) is 55.1 Å². The molecule has 0 saturated carbocycles. The number of ether oxygens (including phenoxy) is 2. The molecule has 0 fully saturated rings. The van der Waals surface area contributed by atoms with Crippen molar-refractivity contribution >= 4 is 17.8 Å². The van der Waals surface area contributed by atoms with Gasteiger partial charge in [0.2, 0.25) is 5.91 Å². The van der Waals surface area contributed by atoms with Crippen LogP contribution in [0.15, 0.2) is 0 Å². The minimum absolute atomic E-state index is 0.223. The summed E-state index contributed by atoms with van der Waals surface area (Å²) in [4.78, 5) is 37.0. The van der Waals surface area contributed by atoms with Crippen LogP contribution < -0.4 is 5.73 Å². The zero-order valence-corrected chi connectivity index (χ0v) is 13.8. The van der Waals surface area contributed by atoms with Gasteiger partial charge in [0.1, 0.15) is 12.6 Å². The Bertz CT molecular complexity index is 360.